The molecule has 1 nitrogen and oxygen atoms in total. The highest BCUT2D eigenvalue weighted by Gasteiger charge is 2.52. The maximum atomic E-state index is 15.4. The highest BCUT2D eigenvalue weighted by atomic mass is 79.9. The Labute approximate surface area is 301 Å². The van der Waals surface area contributed by atoms with Gasteiger partial charge in [-0.3, -0.25) is 0 Å². The first-order chi connectivity index (χ1) is 25.3. The molecular weight excluding hydrogens is 869 g/mol. The summed E-state index contributed by atoms with van der Waals surface area (Å²) >= 11 is 3.52. The molecular formula is C32H11BBrF20N. The Balaban J connectivity index is 0.000000583. The van der Waals surface area contributed by atoms with Crippen LogP contribution in [-0.2, 0) is 0 Å². The second kappa shape index (κ2) is 15.0. The van der Waals surface area contributed by atoms with Crippen molar-refractivity contribution in [1.29, 1.82) is 0 Å². The SMILES string of the molecule is C[N+](C)(Br)c1ccccc1.Fc1c(F)c(F)c([B-](c2c(F)c(F)c(F)c(F)c2F)(c2c(F)c(F)c(F)c(F)c2F)c2c(F)c(F)c(F)c(F)c2F)c(F)c1F. The van der Waals surface area contributed by atoms with E-state index in [1.54, 1.807) is 0 Å². The van der Waals surface area contributed by atoms with Crippen molar-refractivity contribution in [2.24, 2.45) is 0 Å². The summed E-state index contributed by atoms with van der Waals surface area (Å²) < 4.78 is 295. The van der Waals surface area contributed by atoms with E-state index in [4.69, 9.17) is 0 Å². The Hall–Kier alpha value is -4.80. The van der Waals surface area contributed by atoms with Crippen molar-refractivity contribution in [2.75, 3.05) is 14.1 Å². The van der Waals surface area contributed by atoms with Crippen molar-refractivity contribution in [1.82, 2.24) is 3.51 Å². The van der Waals surface area contributed by atoms with Crippen LogP contribution in [0.1, 0.15) is 0 Å². The molecule has 0 spiro atoms. The summed E-state index contributed by atoms with van der Waals surface area (Å²) in [6.07, 6.45) is -7.22. The van der Waals surface area contributed by atoms with E-state index >= 15 is 35.1 Å². The van der Waals surface area contributed by atoms with Gasteiger partial charge in [0.1, 0.15) is 58.4 Å². The molecule has 0 aliphatic heterocycles. The normalized spacial score (nSPS) is 11.9. The lowest BCUT2D eigenvalue weighted by molar-refractivity contribution is 0.378. The third-order valence-electron chi connectivity index (χ3n) is 8.08. The number of halogens is 21. The van der Waals surface area contributed by atoms with E-state index in [0.29, 0.717) is 3.51 Å². The lowest BCUT2D eigenvalue weighted by Crippen LogP contribution is -2.81. The molecule has 0 saturated carbocycles. The van der Waals surface area contributed by atoms with Crippen LogP contribution in [0, 0.1) is 116 Å². The average Bonchev–Trinajstić information content (AvgIpc) is 3.15. The van der Waals surface area contributed by atoms with Gasteiger partial charge in [0.15, 0.2) is 69.8 Å². The zero-order valence-electron chi connectivity index (χ0n) is 26.3. The van der Waals surface area contributed by atoms with Crippen LogP contribution in [0.5, 0.6) is 0 Å². The van der Waals surface area contributed by atoms with Crippen molar-refractivity contribution in [3.05, 3.63) is 147 Å². The van der Waals surface area contributed by atoms with E-state index in [0.717, 1.165) is 0 Å². The largest absolute Gasteiger partial charge is 0.233 e. The zero-order valence-corrected chi connectivity index (χ0v) is 27.9. The van der Waals surface area contributed by atoms with Crippen LogP contribution in [-0.4, -0.2) is 20.2 Å². The number of nitrogens with zero attached hydrogens (tertiary/aromatic N) is 1. The molecule has 0 amide bonds. The summed E-state index contributed by atoms with van der Waals surface area (Å²) in [6, 6.07) is 10.3. The predicted molar refractivity (Wildman–Crippen MR) is 158 cm³/mol. The van der Waals surface area contributed by atoms with Crippen molar-refractivity contribution < 1.29 is 87.8 Å². The molecule has 5 aromatic carbocycles. The number of hydrogen-bond acceptors (Lipinski definition) is 0. The minimum atomic E-state index is -7.22. The van der Waals surface area contributed by atoms with Gasteiger partial charge in [0.05, 0.1) is 14.1 Å². The van der Waals surface area contributed by atoms with E-state index in [2.05, 4.69) is 42.4 Å². The second-order valence-corrected chi connectivity index (χ2v) is 13.2. The first-order valence-corrected chi connectivity index (χ1v) is 14.8. The zero-order chi connectivity index (χ0) is 42.0. The number of quaternary nitrogens is 1. The summed E-state index contributed by atoms with van der Waals surface area (Å²) in [7, 11) is 4.16. The second-order valence-electron chi connectivity index (χ2n) is 11.5. The minimum absolute atomic E-state index is 0.702. The fraction of sp³-hybridized carbons (Fsp3) is 0.0625. The molecule has 0 radical (unpaired) electrons. The van der Waals surface area contributed by atoms with Crippen molar-refractivity contribution >= 4 is 49.8 Å². The van der Waals surface area contributed by atoms with E-state index in [9.17, 15) is 52.7 Å². The van der Waals surface area contributed by atoms with E-state index in [1.807, 2.05) is 18.2 Å². The van der Waals surface area contributed by atoms with Crippen molar-refractivity contribution in [2.45, 2.75) is 0 Å². The van der Waals surface area contributed by atoms with Crippen molar-refractivity contribution in [3.8, 4) is 0 Å². The summed E-state index contributed by atoms with van der Waals surface area (Å²) in [4.78, 5) is 0. The molecule has 0 heterocycles. The van der Waals surface area contributed by atoms with Gasteiger partial charge in [-0.2, -0.15) is 0 Å². The summed E-state index contributed by atoms with van der Waals surface area (Å²) in [6.45, 7) is 0. The summed E-state index contributed by atoms with van der Waals surface area (Å²) in [5, 5.41) is 0. The van der Waals surface area contributed by atoms with Gasteiger partial charge in [-0.1, -0.05) is 18.2 Å². The maximum absolute atomic E-state index is 15.4. The first-order valence-electron chi connectivity index (χ1n) is 14.1. The van der Waals surface area contributed by atoms with Gasteiger partial charge in [-0.05, 0) is 12.1 Å². The molecule has 5 aromatic rings. The Bertz CT molecular complexity index is 1980. The Morgan fingerprint density at radius 3 is 0.618 bits per heavy atom. The molecule has 0 bridgehead atoms. The molecule has 0 N–H and O–H groups in total. The van der Waals surface area contributed by atoms with Gasteiger partial charge in [-0.25, -0.2) is 91.3 Å². The van der Waals surface area contributed by atoms with Crippen molar-refractivity contribution in [3.63, 3.8) is 0 Å². The van der Waals surface area contributed by atoms with Crippen LogP contribution < -0.4 is 25.4 Å². The highest BCUT2D eigenvalue weighted by molar-refractivity contribution is 9.08. The Kier molecular flexibility index (Phi) is 11.7. The smallest absolute Gasteiger partial charge is 0.229 e. The fourth-order valence-corrected chi connectivity index (χ4v) is 5.89. The molecule has 0 atom stereocenters. The van der Waals surface area contributed by atoms with E-state index in [1.165, 1.54) is 5.69 Å². The van der Waals surface area contributed by atoms with Crippen LogP contribution in [0.4, 0.5) is 93.5 Å². The molecule has 0 fully saturated rings. The molecule has 23 heteroatoms. The van der Waals surface area contributed by atoms with Crippen LogP contribution >= 0.6 is 16.1 Å². The van der Waals surface area contributed by atoms with Gasteiger partial charge in [-0.15, -0.1) is 21.9 Å². The quantitative estimate of drug-likeness (QED) is 0.0548. The topological polar surface area (TPSA) is 0 Å². The third kappa shape index (κ3) is 6.57. The van der Waals surface area contributed by atoms with E-state index in [-0.39, 0.29) is 0 Å². The van der Waals surface area contributed by atoms with Crippen LogP contribution in [0.3, 0.4) is 0 Å². The lowest BCUT2D eigenvalue weighted by atomic mass is 9.12. The van der Waals surface area contributed by atoms with Crippen LogP contribution in [0.15, 0.2) is 30.3 Å². The van der Waals surface area contributed by atoms with Crippen LogP contribution in [0.25, 0.3) is 0 Å². The average molecular weight is 880 g/mol. The third-order valence-corrected chi connectivity index (χ3v) is 8.49. The lowest BCUT2D eigenvalue weighted by Gasteiger charge is -2.44. The molecule has 0 saturated heterocycles. The minimum Gasteiger partial charge on any atom is -0.229 e. The number of benzene rings is 5. The van der Waals surface area contributed by atoms with E-state index < -0.39 is 144 Å². The van der Waals surface area contributed by atoms with Crippen LogP contribution in [0.2, 0.25) is 0 Å². The Morgan fingerprint density at radius 2 is 0.473 bits per heavy atom. The number of rotatable bonds is 5. The van der Waals surface area contributed by atoms with Gasteiger partial charge in [0.2, 0.25) is 16.1 Å². The molecule has 0 aliphatic rings. The fourth-order valence-electron chi connectivity index (χ4n) is 5.66. The predicted octanol–water partition coefficient (Wildman–Crippen LogP) is 8.41. The molecule has 294 valence electrons. The standard InChI is InChI=1S/C24BF20.C8H11BrN/c26-5-1(6(27)14(35)21(42)13(5)34)25(2-7(28)15(36)22(43)16(37)8(2)29,3-9(30)17(38)23(44)18(39)10(3)31)4-11(32)19(40)24(45)20(41)12(4)33;1-10(2,9)8-6-4-3-5-7-8/h;3-7H,1-2H3/q-1;+1. The molecule has 0 aliphatic carbocycles. The van der Waals surface area contributed by atoms with Gasteiger partial charge in [0, 0.05) is 0 Å². The highest BCUT2D eigenvalue weighted by Crippen LogP contribution is 2.31. The summed E-state index contributed by atoms with van der Waals surface area (Å²) in [5.41, 5.74) is -13.1. The molecule has 55 heavy (non-hydrogen) atoms. The molecule has 0 aromatic heterocycles. The number of para-hydroxylation sites is 1. The first kappa shape index (κ1) is 42.9. The Morgan fingerprint density at radius 1 is 0.309 bits per heavy atom. The monoisotopic (exact) mass is 879 g/mol. The molecule has 0 unspecified atom stereocenters. The van der Waals surface area contributed by atoms with Gasteiger partial charge in [0.25, 0.3) is 0 Å². The van der Waals surface area contributed by atoms with Gasteiger partial charge >= 0.3 is 0 Å². The summed E-state index contributed by atoms with van der Waals surface area (Å²) in [5.74, 6) is -71.4. The van der Waals surface area contributed by atoms with Gasteiger partial charge < -0.3 is 0 Å². The molecule has 5 rings (SSSR count). The maximum Gasteiger partial charge on any atom is 0.233 e. The number of hydrogen-bond donors (Lipinski definition) is 0.